The van der Waals surface area contributed by atoms with Gasteiger partial charge in [-0.15, -0.1) is 0 Å². The van der Waals surface area contributed by atoms with E-state index in [4.69, 9.17) is 0 Å². The van der Waals surface area contributed by atoms with Crippen molar-refractivity contribution in [3.63, 3.8) is 0 Å². The van der Waals surface area contributed by atoms with Crippen LogP contribution in [0.3, 0.4) is 0 Å². The molecule has 1 unspecified atom stereocenters. The number of aryl methyl sites for hydroxylation is 2. The Bertz CT molecular complexity index is 921. The Morgan fingerprint density at radius 1 is 1.08 bits per heavy atom. The molecule has 1 atom stereocenters. The molecule has 0 radical (unpaired) electrons. The Labute approximate surface area is 155 Å². The van der Waals surface area contributed by atoms with Crippen LogP contribution in [-0.4, -0.2) is 20.4 Å². The van der Waals surface area contributed by atoms with Gasteiger partial charge in [0, 0.05) is 11.6 Å². The summed E-state index contributed by atoms with van der Waals surface area (Å²) in [5.41, 5.74) is 3.34. The second kappa shape index (κ2) is 7.91. The van der Waals surface area contributed by atoms with E-state index in [2.05, 4.69) is 10.0 Å². The first-order valence-corrected chi connectivity index (χ1v) is 10.1. The van der Waals surface area contributed by atoms with Gasteiger partial charge < -0.3 is 5.32 Å². The highest BCUT2D eigenvalue weighted by Crippen LogP contribution is 2.24. The van der Waals surface area contributed by atoms with E-state index in [0.29, 0.717) is 16.8 Å². The molecule has 0 bridgehead atoms. The molecule has 0 aliphatic heterocycles. The van der Waals surface area contributed by atoms with Crippen LogP contribution < -0.4 is 10.0 Å². The third kappa shape index (κ3) is 4.43. The van der Waals surface area contributed by atoms with E-state index in [1.54, 1.807) is 25.1 Å². The lowest BCUT2D eigenvalue weighted by Crippen LogP contribution is -2.32. The maximum Gasteiger partial charge on any atom is 0.262 e. The number of hydrogen-bond acceptors (Lipinski definition) is 3. The molecule has 26 heavy (non-hydrogen) atoms. The maximum atomic E-state index is 12.9. The summed E-state index contributed by atoms with van der Waals surface area (Å²) in [6, 6.07) is 10.2. The Morgan fingerprint density at radius 3 is 2.42 bits per heavy atom. The molecule has 0 aliphatic carbocycles. The number of nitrogens with one attached hydrogen (secondary N) is 2. The van der Waals surface area contributed by atoms with Gasteiger partial charge in [0.05, 0.1) is 10.6 Å². The van der Waals surface area contributed by atoms with Crippen LogP contribution >= 0.6 is 0 Å². The van der Waals surface area contributed by atoms with Gasteiger partial charge in [-0.1, -0.05) is 25.1 Å². The highest BCUT2D eigenvalue weighted by Gasteiger charge is 2.20. The van der Waals surface area contributed by atoms with Crippen molar-refractivity contribution < 1.29 is 13.2 Å². The zero-order chi connectivity index (χ0) is 19.5. The number of amides is 1. The summed E-state index contributed by atoms with van der Waals surface area (Å²) in [7, 11) is -3.80. The van der Waals surface area contributed by atoms with Gasteiger partial charge in [-0.25, -0.2) is 8.42 Å². The van der Waals surface area contributed by atoms with Crippen molar-refractivity contribution in [2.24, 2.45) is 0 Å². The largest absolute Gasteiger partial charge is 0.350 e. The average Bonchev–Trinajstić information content (AvgIpc) is 2.58. The van der Waals surface area contributed by atoms with Gasteiger partial charge in [0.25, 0.3) is 15.9 Å². The summed E-state index contributed by atoms with van der Waals surface area (Å²) >= 11 is 0. The molecule has 2 rings (SSSR count). The monoisotopic (exact) mass is 374 g/mol. The fourth-order valence-electron chi connectivity index (χ4n) is 2.50. The van der Waals surface area contributed by atoms with E-state index in [1.807, 2.05) is 39.8 Å². The molecule has 2 aromatic carbocycles. The number of rotatable bonds is 6. The number of carbonyl (C=O) groups is 1. The number of carbonyl (C=O) groups excluding carboxylic acids is 1. The number of hydrogen-bond donors (Lipinski definition) is 2. The molecule has 0 heterocycles. The highest BCUT2D eigenvalue weighted by molar-refractivity contribution is 7.92. The Balaban J connectivity index is 2.38. The van der Waals surface area contributed by atoms with Gasteiger partial charge in [0.2, 0.25) is 0 Å². The fraction of sp³-hybridized carbons (Fsp3) is 0.350. The molecule has 0 saturated carbocycles. The van der Waals surface area contributed by atoms with E-state index in [-0.39, 0.29) is 16.8 Å². The minimum absolute atomic E-state index is 0.0249. The zero-order valence-electron chi connectivity index (χ0n) is 15.9. The molecule has 1 amide bonds. The lowest BCUT2D eigenvalue weighted by atomic mass is 10.1. The summed E-state index contributed by atoms with van der Waals surface area (Å²) in [5.74, 6) is -0.275. The van der Waals surface area contributed by atoms with Gasteiger partial charge >= 0.3 is 0 Å². The molecule has 2 aromatic rings. The quantitative estimate of drug-likeness (QED) is 0.804. The van der Waals surface area contributed by atoms with E-state index in [0.717, 1.165) is 17.5 Å². The fourth-order valence-corrected chi connectivity index (χ4v) is 3.90. The number of benzene rings is 2. The van der Waals surface area contributed by atoms with Crippen molar-refractivity contribution >= 4 is 21.6 Å². The van der Waals surface area contributed by atoms with Crippen LogP contribution in [0.1, 0.15) is 47.3 Å². The van der Waals surface area contributed by atoms with Crippen molar-refractivity contribution in [1.29, 1.82) is 0 Å². The van der Waals surface area contributed by atoms with Crippen LogP contribution in [0.25, 0.3) is 0 Å². The summed E-state index contributed by atoms with van der Waals surface area (Å²) in [6.45, 7) is 9.40. The van der Waals surface area contributed by atoms with Gasteiger partial charge in [-0.05, 0) is 69.0 Å². The third-order valence-corrected chi connectivity index (χ3v) is 6.09. The summed E-state index contributed by atoms with van der Waals surface area (Å²) < 4.78 is 28.4. The van der Waals surface area contributed by atoms with E-state index in [1.165, 1.54) is 6.07 Å². The Hall–Kier alpha value is -2.34. The van der Waals surface area contributed by atoms with Crippen LogP contribution in [-0.2, 0) is 10.0 Å². The van der Waals surface area contributed by atoms with Crippen molar-refractivity contribution in [2.45, 2.75) is 52.0 Å². The second-order valence-electron chi connectivity index (χ2n) is 6.62. The first-order chi connectivity index (χ1) is 12.2. The van der Waals surface area contributed by atoms with E-state index >= 15 is 0 Å². The zero-order valence-corrected chi connectivity index (χ0v) is 16.7. The van der Waals surface area contributed by atoms with Gasteiger partial charge in [-0.3, -0.25) is 9.52 Å². The maximum absolute atomic E-state index is 12.9. The number of sulfonamides is 1. The Kier molecular flexibility index (Phi) is 6.08. The van der Waals surface area contributed by atoms with Crippen molar-refractivity contribution in [3.8, 4) is 0 Å². The first-order valence-electron chi connectivity index (χ1n) is 8.66. The van der Waals surface area contributed by atoms with Crippen LogP contribution in [0.2, 0.25) is 0 Å². The van der Waals surface area contributed by atoms with Crippen molar-refractivity contribution in [2.75, 3.05) is 4.72 Å². The molecule has 0 fully saturated rings. The average molecular weight is 375 g/mol. The molecule has 2 N–H and O–H groups in total. The topological polar surface area (TPSA) is 75.3 Å². The minimum atomic E-state index is -3.80. The number of anilines is 1. The normalized spacial score (nSPS) is 12.5. The van der Waals surface area contributed by atoms with Crippen LogP contribution in [0.4, 0.5) is 5.69 Å². The lowest BCUT2D eigenvalue weighted by Gasteiger charge is -2.15. The summed E-state index contributed by atoms with van der Waals surface area (Å²) in [6.07, 6.45) is 0.803. The van der Waals surface area contributed by atoms with E-state index in [9.17, 15) is 13.2 Å². The van der Waals surface area contributed by atoms with Crippen LogP contribution in [0.15, 0.2) is 41.3 Å². The predicted octanol–water partition coefficient (Wildman–Crippen LogP) is 3.94. The van der Waals surface area contributed by atoms with Crippen LogP contribution in [0.5, 0.6) is 0 Å². The van der Waals surface area contributed by atoms with Gasteiger partial charge in [0.1, 0.15) is 0 Å². The van der Waals surface area contributed by atoms with E-state index < -0.39 is 10.0 Å². The molecule has 140 valence electrons. The van der Waals surface area contributed by atoms with Crippen molar-refractivity contribution in [3.05, 3.63) is 58.7 Å². The molecule has 0 saturated heterocycles. The van der Waals surface area contributed by atoms with Crippen molar-refractivity contribution in [1.82, 2.24) is 5.32 Å². The third-order valence-electron chi connectivity index (χ3n) is 4.58. The van der Waals surface area contributed by atoms with Crippen LogP contribution in [0, 0.1) is 20.8 Å². The molecule has 0 aliphatic rings. The Morgan fingerprint density at radius 2 is 1.77 bits per heavy atom. The van der Waals surface area contributed by atoms with Gasteiger partial charge in [-0.2, -0.15) is 0 Å². The van der Waals surface area contributed by atoms with Gasteiger partial charge in [0.15, 0.2) is 0 Å². The lowest BCUT2D eigenvalue weighted by molar-refractivity contribution is 0.0939. The molecule has 6 heteroatoms. The molecular weight excluding hydrogens is 348 g/mol. The first kappa shape index (κ1) is 20.0. The molecule has 0 spiro atoms. The summed E-state index contributed by atoms with van der Waals surface area (Å²) in [4.78, 5) is 12.4. The summed E-state index contributed by atoms with van der Waals surface area (Å²) in [5, 5.41) is 2.86. The second-order valence-corrected chi connectivity index (χ2v) is 8.27. The molecular formula is C20H26N2O3S. The standard InChI is InChI=1S/C20H26N2O3S/c1-6-15(4)21-20(23)17-11-10-14(3)19(12-17)26(24,25)22-18-9-7-8-13(2)16(18)5/h7-12,15,22H,6H2,1-5H3,(H,21,23). The molecule has 0 aromatic heterocycles. The smallest absolute Gasteiger partial charge is 0.262 e. The minimum Gasteiger partial charge on any atom is -0.350 e. The predicted molar refractivity (Wildman–Crippen MR) is 105 cm³/mol. The molecule has 5 nitrogen and oxygen atoms in total. The SMILES string of the molecule is CCC(C)NC(=O)c1ccc(C)c(S(=O)(=O)Nc2cccc(C)c2C)c1. The highest BCUT2D eigenvalue weighted by atomic mass is 32.2.